The molecule has 2 rings (SSSR count). The van der Waals surface area contributed by atoms with Crippen LogP contribution in [0.5, 0.6) is 0 Å². The van der Waals surface area contributed by atoms with Crippen molar-refractivity contribution in [1.29, 1.82) is 0 Å². The molecule has 0 unspecified atom stereocenters. The number of hydrogen-bond donors (Lipinski definition) is 2. The van der Waals surface area contributed by atoms with E-state index in [1.54, 1.807) is 6.20 Å². The molecule has 0 amide bonds. The van der Waals surface area contributed by atoms with Crippen molar-refractivity contribution >= 4 is 11.8 Å². The van der Waals surface area contributed by atoms with Gasteiger partial charge in [-0.2, -0.15) is 4.98 Å². The summed E-state index contributed by atoms with van der Waals surface area (Å²) in [7, 11) is 0. The second kappa shape index (κ2) is 6.63. The van der Waals surface area contributed by atoms with E-state index in [9.17, 15) is 0 Å². The van der Waals surface area contributed by atoms with Gasteiger partial charge in [0, 0.05) is 24.5 Å². The zero-order valence-corrected chi connectivity index (χ0v) is 11.2. The summed E-state index contributed by atoms with van der Waals surface area (Å²) < 4.78 is 0. The van der Waals surface area contributed by atoms with Crippen molar-refractivity contribution in [1.82, 2.24) is 19.9 Å². The second-order valence-electron chi connectivity index (χ2n) is 4.20. The lowest BCUT2D eigenvalue weighted by atomic mass is 10.4. The number of rotatable bonds is 6. The number of aromatic nitrogens is 4. The normalized spacial score (nSPS) is 10.2. The molecule has 0 bridgehead atoms. The van der Waals surface area contributed by atoms with Gasteiger partial charge in [-0.25, -0.2) is 15.0 Å². The number of hydrogen-bond acceptors (Lipinski definition) is 6. The molecule has 2 heterocycles. The first-order chi connectivity index (χ1) is 9.28. The SMILES string of the molecule is CCCNc1nc(C)cc(NCc2ccncn2)n1. The van der Waals surface area contributed by atoms with Gasteiger partial charge in [-0.15, -0.1) is 0 Å². The summed E-state index contributed by atoms with van der Waals surface area (Å²) in [6.45, 7) is 5.55. The van der Waals surface area contributed by atoms with Crippen molar-refractivity contribution in [2.24, 2.45) is 0 Å². The predicted molar refractivity (Wildman–Crippen MR) is 74.9 cm³/mol. The minimum Gasteiger partial charge on any atom is -0.364 e. The standard InChI is InChI=1S/C13H18N6/c1-3-5-15-13-18-10(2)7-12(19-13)16-8-11-4-6-14-9-17-11/h4,6-7,9H,3,5,8H2,1-2H3,(H2,15,16,18,19). The second-order valence-corrected chi connectivity index (χ2v) is 4.20. The molecule has 2 N–H and O–H groups in total. The Labute approximate surface area is 112 Å². The summed E-state index contributed by atoms with van der Waals surface area (Å²) in [5.74, 6) is 1.46. The third-order valence-corrected chi connectivity index (χ3v) is 2.48. The Hall–Kier alpha value is -2.24. The average Bonchev–Trinajstić information content (AvgIpc) is 2.43. The van der Waals surface area contributed by atoms with E-state index >= 15 is 0 Å². The van der Waals surface area contributed by atoms with Crippen LogP contribution in [0.1, 0.15) is 24.7 Å². The van der Waals surface area contributed by atoms with Crippen LogP contribution in [0.25, 0.3) is 0 Å². The molecule has 19 heavy (non-hydrogen) atoms. The fraction of sp³-hybridized carbons (Fsp3) is 0.385. The molecule has 6 heteroatoms. The van der Waals surface area contributed by atoms with E-state index in [1.165, 1.54) is 6.33 Å². The number of nitrogens with zero attached hydrogens (tertiary/aromatic N) is 4. The van der Waals surface area contributed by atoms with Crippen LogP contribution >= 0.6 is 0 Å². The van der Waals surface area contributed by atoms with Crippen LogP contribution in [0, 0.1) is 6.92 Å². The van der Waals surface area contributed by atoms with Gasteiger partial charge in [-0.05, 0) is 19.4 Å². The first-order valence-corrected chi connectivity index (χ1v) is 6.36. The van der Waals surface area contributed by atoms with Crippen molar-refractivity contribution in [3.05, 3.63) is 36.0 Å². The smallest absolute Gasteiger partial charge is 0.224 e. The van der Waals surface area contributed by atoms with Gasteiger partial charge in [0.05, 0.1) is 12.2 Å². The van der Waals surface area contributed by atoms with Gasteiger partial charge in [-0.1, -0.05) is 6.92 Å². The molecular weight excluding hydrogens is 240 g/mol. The van der Waals surface area contributed by atoms with Crippen LogP contribution in [0.4, 0.5) is 11.8 Å². The molecule has 100 valence electrons. The summed E-state index contributed by atoms with van der Waals surface area (Å²) in [5.41, 5.74) is 1.85. The van der Waals surface area contributed by atoms with Crippen molar-refractivity contribution in [2.45, 2.75) is 26.8 Å². The zero-order chi connectivity index (χ0) is 13.5. The van der Waals surface area contributed by atoms with E-state index in [4.69, 9.17) is 0 Å². The van der Waals surface area contributed by atoms with Crippen molar-refractivity contribution in [3.63, 3.8) is 0 Å². The number of aryl methyl sites for hydroxylation is 1. The minimum atomic E-state index is 0.617. The van der Waals surface area contributed by atoms with Gasteiger partial charge >= 0.3 is 0 Å². The molecule has 0 spiro atoms. The summed E-state index contributed by atoms with van der Waals surface area (Å²) in [6.07, 6.45) is 4.31. The van der Waals surface area contributed by atoms with Gasteiger partial charge in [0.15, 0.2) is 0 Å². The molecule has 2 aromatic heterocycles. The lowest BCUT2D eigenvalue weighted by Crippen LogP contribution is -2.09. The quantitative estimate of drug-likeness (QED) is 0.825. The van der Waals surface area contributed by atoms with Gasteiger partial charge in [0.2, 0.25) is 5.95 Å². The maximum atomic E-state index is 4.41. The fourth-order valence-corrected chi connectivity index (χ4v) is 1.58. The maximum absolute atomic E-state index is 4.41. The summed E-state index contributed by atoms with van der Waals surface area (Å²) in [6, 6.07) is 3.79. The van der Waals surface area contributed by atoms with Gasteiger partial charge in [0.25, 0.3) is 0 Å². The van der Waals surface area contributed by atoms with Crippen molar-refractivity contribution in [3.8, 4) is 0 Å². The highest BCUT2D eigenvalue weighted by Gasteiger charge is 2.02. The summed E-state index contributed by atoms with van der Waals surface area (Å²) in [4.78, 5) is 16.8. The Balaban J connectivity index is 2.01. The van der Waals surface area contributed by atoms with Crippen LogP contribution in [0.2, 0.25) is 0 Å². The van der Waals surface area contributed by atoms with Crippen LogP contribution in [-0.4, -0.2) is 26.5 Å². The van der Waals surface area contributed by atoms with Crippen LogP contribution in [0.15, 0.2) is 24.7 Å². The predicted octanol–water partition coefficient (Wildman–Crippen LogP) is 2.01. The molecule has 0 aliphatic heterocycles. The third kappa shape index (κ3) is 4.17. The lowest BCUT2D eigenvalue weighted by molar-refractivity contribution is 0.939. The zero-order valence-electron chi connectivity index (χ0n) is 11.2. The molecule has 0 aliphatic carbocycles. The largest absolute Gasteiger partial charge is 0.364 e. The summed E-state index contributed by atoms with van der Waals surface area (Å²) in [5, 5.41) is 6.42. The van der Waals surface area contributed by atoms with E-state index in [0.717, 1.165) is 30.2 Å². The fourth-order valence-electron chi connectivity index (χ4n) is 1.58. The average molecular weight is 258 g/mol. The van der Waals surface area contributed by atoms with Gasteiger partial charge < -0.3 is 10.6 Å². The molecule has 0 atom stereocenters. The minimum absolute atomic E-state index is 0.617. The maximum Gasteiger partial charge on any atom is 0.224 e. The Bertz CT molecular complexity index is 514. The van der Waals surface area contributed by atoms with E-state index in [2.05, 4.69) is 37.5 Å². The Morgan fingerprint density at radius 3 is 2.84 bits per heavy atom. The van der Waals surface area contributed by atoms with E-state index in [0.29, 0.717) is 12.5 Å². The first-order valence-electron chi connectivity index (χ1n) is 6.36. The molecule has 0 radical (unpaired) electrons. The molecule has 0 fully saturated rings. The van der Waals surface area contributed by atoms with Crippen LogP contribution in [0.3, 0.4) is 0 Å². The Morgan fingerprint density at radius 2 is 2.11 bits per heavy atom. The molecule has 0 saturated heterocycles. The van der Waals surface area contributed by atoms with Crippen LogP contribution < -0.4 is 10.6 Å². The van der Waals surface area contributed by atoms with E-state index in [1.807, 2.05) is 19.1 Å². The van der Waals surface area contributed by atoms with Crippen LogP contribution in [-0.2, 0) is 6.54 Å². The Morgan fingerprint density at radius 1 is 1.21 bits per heavy atom. The van der Waals surface area contributed by atoms with Crippen molar-refractivity contribution < 1.29 is 0 Å². The Kier molecular flexibility index (Phi) is 4.60. The highest BCUT2D eigenvalue weighted by Crippen LogP contribution is 2.10. The van der Waals surface area contributed by atoms with Gasteiger partial charge in [-0.3, -0.25) is 0 Å². The molecule has 0 aromatic carbocycles. The number of anilines is 2. The van der Waals surface area contributed by atoms with Gasteiger partial charge in [0.1, 0.15) is 12.1 Å². The molecule has 0 saturated carbocycles. The molecule has 6 nitrogen and oxygen atoms in total. The highest BCUT2D eigenvalue weighted by atomic mass is 15.1. The van der Waals surface area contributed by atoms with E-state index in [-0.39, 0.29) is 0 Å². The summed E-state index contributed by atoms with van der Waals surface area (Å²) >= 11 is 0. The highest BCUT2D eigenvalue weighted by molar-refractivity contribution is 5.42. The first kappa shape index (κ1) is 13.2. The third-order valence-electron chi connectivity index (χ3n) is 2.48. The van der Waals surface area contributed by atoms with Crippen molar-refractivity contribution in [2.75, 3.05) is 17.2 Å². The lowest BCUT2D eigenvalue weighted by Gasteiger charge is -2.09. The molecular formula is C13H18N6. The number of nitrogens with one attached hydrogen (secondary N) is 2. The molecule has 2 aromatic rings. The van der Waals surface area contributed by atoms with E-state index < -0.39 is 0 Å². The topological polar surface area (TPSA) is 75.6 Å². The monoisotopic (exact) mass is 258 g/mol. The molecule has 0 aliphatic rings.